The summed E-state index contributed by atoms with van der Waals surface area (Å²) in [6.45, 7) is 1.75. The predicted octanol–water partition coefficient (Wildman–Crippen LogP) is -0.0777. The summed E-state index contributed by atoms with van der Waals surface area (Å²) in [6.07, 6.45) is 1.94. The van der Waals surface area contributed by atoms with Crippen molar-refractivity contribution >= 4 is 24.7 Å². The number of aryl methyl sites for hydroxylation is 1. The predicted molar refractivity (Wildman–Crippen MR) is 84.1 cm³/mol. The van der Waals surface area contributed by atoms with Gasteiger partial charge in [0.15, 0.2) is 11.2 Å². The highest BCUT2D eigenvalue weighted by Crippen LogP contribution is 2.41. The molecule has 0 amide bonds. The van der Waals surface area contributed by atoms with Crippen LogP contribution in [-0.4, -0.2) is 48.9 Å². The van der Waals surface area contributed by atoms with E-state index in [-0.39, 0.29) is 36.8 Å². The molecule has 0 radical (unpaired) electrons. The maximum absolute atomic E-state index is 11.7. The minimum absolute atomic E-state index is 0.00421. The monoisotopic (exact) mass is 345 g/mol. The van der Waals surface area contributed by atoms with Crippen molar-refractivity contribution in [2.75, 3.05) is 25.1 Å². The Bertz CT molecular complexity index is 773. The standard InChI is InChI=1S/C12H20N5O5P/c1-2-23(20,21)22-6-8(5-18)3-4-17-7-14-9-10(17)15-12(13)16-11(9)19/h7-8,18H,2-6H2,1H3,(H,20,21)(H3,13,15,16,19)/t8-/m1/s1. The second-order valence-electron chi connectivity index (χ2n) is 5.15. The Kier molecular flexibility index (Phi) is 5.53. The van der Waals surface area contributed by atoms with Gasteiger partial charge in [0.1, 0.15) is 0 Å². The number of nitrogens with zero attached hydrogens (tertiary/aromatic N) is 3. The molecule has 2 aromatic heterocycles. The molecule has 5 N–H and O–H groups in total. The zero-order valence-corrected chi connectivity index (χ0v) is 13.6. The zero-order chi connectivity index (χ0) is 17.0. The second-order valence-corrected chi connectivity index (χ2v) is 7.31. The summed E-state index contributed by atoms with van der Waals surface area (Å²) >= 11 is 0. The van der Waals surface area contributed by atoms with E-state index in [9.17, 15) is 19.4 Å². The van der Waals surface area contributed by atoms with E-state index < -0.39 is 13.2 Å². The highest BCUT2D eigenvalue weighted by atomic mass is 31.2. The molecule has 10 nitrogen and oxygen atoms in total. The molecule has 0 aliphatic heterocycles. The lowest BCUT2D eigenvalue weighted by Gasteiger charge is -2.17. The summed E-state index contributed by atoms with van der Waals surface area (Å²) in [5.41, 5.74) is 5.63. The van der Waals surface area contributed by atoms with Crippen LogP contribution in [0.3, 0.4) is 0 Å². The van der Waals surface area contributed by atoms with Crippen molar-refractivity contribution in [1.82, 2.24) is 19.5 Å². The number of H-pyrrole nitrogens is 1. The lowest BCUT2D eigenvalue weighted by molar-refractivity contribution is 0.143. The van der Waals surface area contributed by atoms with Crippen LogP contribution < -0.4 is 11.3 Å². The zero-order valence-electron chi connectivity index (χ0n) is 12.7. The van der Waals surface area contributed by atoms with Gasteiger partial charge < -0.3 is 24.8 Å². The van der Waals surface area contributed by atoms with Crippen molar-refractivity contribution in [3.05, 3.63) is 16.7 Å². The molecule has 2 aromatic rings. The van der Waals surface area contributed by atoms with E-state index in [2.05, 4.69) is 15.0 Å². The number of rotatable bonds is 8. The van der Waals surface area contributed by atoms with Gasteiger partial charge in [0, 0.05) is 25.2 Å². The summed E-state index contributed by atoms with van der Waals surface area (Å²) < 4.78 is 18.1. The Morgan fingerprint density at radius 1 is 1.57 bits per heavy atom. The molecule has 0 fully saturated rings. The maximum Gasteiger partial charge on any atom is 0.327 e. The molecule has 2 atom stereocenters. The molecule has 0 saturated heterocycles. The summed E-state index contributed by atoms with van der Waals surface area (Å²) in [7, 11) is -3.58. The molecule has 23 heavy (non-hydrogen) atoms. The number of anilines is 1. The third-order valence-electron chi connectivity index (χ3n) is 3.44. The number of imidazole rings is 1. The third kappa shape index (κ3) is 4.38. The molecule has 0 aliphatic rings. The first-order valence-corrected chi connectivity index (χ1v) is 8.90. The molecule has 2 heterocycles. The number of aliphatic hydroxyl groups is 1. The van der Waals surface area contributed by atoms with Crippen molar-refractivity contribution < 1.29 is 19.1 Å². The molecule has 0 bridgehead atoms. The lowest BCUT2D eigenvalue weighted by Crippen LogP contribution is -2.17. The number of aliphatic hydroxyl groups excluding tert-OH is 1. The molecule has 0 saturated carbocycles. The first kappa shape index (κ1) is 17.6. The number of nitrogens with one attached hydrogen (secondary N) is 1. The average molecular weight is 345 g/mol. The summed E-state index contributed by atoms with van der Waals surface area (Å²) in [5.74, 6) is -0.325. The molecular formula is C12H20N5O5P. The van der Waals surface area contributed by atoms with Crippen molar-refractivity contribution in [2.24, 2.45) is 5.92 Å². The van der Waals surface area contributed by atoms with Crippen LogP contribution in [0.5, 0.6) is 0 Å². The molecule has 11 heteroatoms. The normalized spacial score (nSPS) is 15.6. The SMILES string of the molecule is CCP(=O)(O)OC[C@@H](CO)CCn1cnc2c(=O)[nH]c(N)nc21. The van der Waals surface area contributed by atoms with Crippen LogP contribution in [0.2, 0.25) is 0 Å². The Balaban J connectivity index is 2.05. The molecule has 2 rings (SSSR count). The van der Waals surface area contributed by atoms with Crippen LogP contribution >= 0.6 is 7.60 Å². The van der Waals surface area contributed by atoms with E-state index in [4.69, 9.17) is 10.3 Å². The topological polar surface area (TPSA) is 156 Å². The highest BCUT2D eigenvalue weighted by Gasteiger charge is 2.19. The Labute approximate surface area is 131 Å². The van der Waals surface area contributed by atoms with E-state index >= 15 is 0 Å². The Morgan fingerprint density at radius 3 is 2.96 bits per heavy atom. The van der Waals surface area contributed by atoms with Gasteiger partial charge in [-0.15, -0.1) is 0 Å². The number of hydrogen-bond donors (Lipinski definition) is 4. The van der Waals surface area contributed by atoms with Crippen LogP contribution in [0.4, 0.5) is 5.95 Å². The van der Waals surface area contributed by atoms with E-state index in [1.54, 1.807) is 11.5 Å². The molecule has 128 valence electrons. The lowest BCUT2D eigenvalue weighted by atomic mass is 10.1. The summed E-state index contributed by atoms with van der Waals surface area (Å²) in [4.78, 5) is 31.5. The molecule has 0 aliphatic carbocycles. The number of aromatic amines is 1. The average Bonchev–Trinajstić information content (AvgIpc) is 2.91. The van der Waals surface area contributed by atoms with Crippen molar-refractivity contribution in [3.63, 3.8) is 0 Å². The van der Waals surface area contributed by atoms with Gasteiger partial charge in [-0.3, -0.25) is 14.3 Å². The second kappa shape index (κ2) is 7.22. The number of nitrogen functional groups attached to an aromatic ring is 1. The Morgan fingerprint density at radius 2 is 2.30 bits per heavy atom. The van der Waals surface area contributed by atoms with Crippen molar-refractivity contribution in [1.29, 1.82) is 0 Å². The van der Waals surface area contributed by atoms with E-state index in [0.29, 0.717) is 18.6 Å². The van der Waals surface area contributed by atoms with Crippen LogP contribution in [0.15, 0.2) is 11.1 Å². The molecule has 0 aromatic carbocycles. The van der Waals surface area contributed by atoms with Crippen LogP contribution in [-0.2, 0) is 15.6 Å². The number of nitrogens with two attached hydrogens (primary N) is 1. The van der Waals surface area contributed by atoms with Gasteiger partial charge in [-0.2, -0.15) is 4.98 Å². The largest absolute Gasteiger partial charge is 0.396 e. The van der Waals surface area contributed by atoms with Crippen LogP contribution in [0, 0.1) is 5.92 Å². The van der Waals surface area contributed by atoms with Gasteiger partial charge in [-0.1, -0.05) is 6.92 Å². The van der Waals surface area contributed by atoms with Gasteiger partial charge in [-0.05, 0) is 6.42 Å². The van der Waals surface area contributed by atoms with Gasteiger partial charge in [0.25, 0.3) is 5.56 Å². The third-order valence-corrected chi connectivity index (χ3v) is 4.79. The highest BCUT2D eigenvalue weighted by molar-refractivity contribution is 7.52. The van der Waals surface area contributed by atoms with E-state index in [1.165, 1.54) is 6.33 Å². The minimum Gasteiger partial charge on any atom is -0.396 e. The molecule has 1 unspecified atom stereocenters. The van der Waals surface area contributed by atoms with Gasteiger partial charge in [-0.25, -0.2) is 4.98 Å². The smallest absolute Gasteiger partial charge is 0.327 e. The molecule has 0 spiro atoms. The van der Waals surface area contributed by atoms with Gasteiger partial charge in [0.05, 0.1) is 12.9 Å². The quantitative estimate of drug-likeness (QED) is 0.484. The molecular weight excluding hydrogens is 325 g/mol. The maximum atomic E-state index is 11.7. The van der Waals surface area contributed by atoms with Crippen molar-refractivity contribution in [2.45, 2.75) is 19.9 Å². The fourth-order valence-electron chi connectivity index (χ4n) is 2.00. The summed E-state index contributed by atoms with van der Waals surface area (Å²) in [5, 5.41) is 9.36. The fraction of sp³-hybridized carbons (Fsp3) is 0.583. The number of hydrogen-bond acceptors (Lipinski definition) is 7. The summed E-state index contributed by atoms with van der Waals surface area (Å²) in [6, 6.07) is 0. The fourth-order valence-corrected chi connectivity index (χ4v) is 2.62. The van der Waals surface area contributed by atoms with E-state index in [1.807, 2.05) is 0 Å². The number of aromatic nitrogens is 4. The first-order chi connectivity index (χ1) is 10.9. The van der Waals surface area contributed by atoms with Crippen LogP contribution in [0.1, 0.15) is 13.3 Å². The van der Waals surface area contributed by atoms with Crippen LogP contribution in [0.25, 0.3) is 11.2 Å². The Hall–Kier alpha value is -1.74. The van der Waals surface area contributed by atoms with Crippen molar-refractivity contribution in [3.8, 4) is 0 Å². The first-order valence-electron chi connectivity index (χ1n) is 7.14. The van der Waals surface area contributed by atoms with E-state index in [0.717, 1.165) is 0 Å². The van der Waals surface area contributed by atoms with Gasteiger partial charge in [0.2, 0.25) is 5.95 Å². The number of fused-ring (bicyclic) bond motifs is 1. The van der Waals surface area contributed by atoms with Gasteiger partial charge >= 0.3 is 7.60 Å². The minimum atomic E-state index is -3.58.